The van der Waals surface area contributed by atoms with Crippen molar-refractivity contribution in [3.63, 3.8) is 0 Å². The Balaban J connectivity index is 1.39. The molecule has 0 radical (unpaired) electrons. The molecule has 1 aromatic carbocycles. The maximum Gasteiger partial charge on any atom is 0.279 e. The number of aryl methyl sites for hydroxylation is 4. The molecule has 7 N–H and O–H groups in total. The fourth-order valence-electron chi connectivity index (χ4n) is 8.17. The molecule has 0 spiro atoms. The van der Waals surface area contributed by atoms with Gasteiger partial charge in [0.15, 0.2) is 0 Å². The van der Waals surface area contributed by atoms with E-state index in [1.807, 2.05) is 47.1 Å². The highest BCUT2D eigenvalue weighted by Gasteiger charge is 2.29. The molecule has 0 fully saturated rings. The number of amides is 6. The van der Waals surface area contributed by atoms with Crippen LogP contribution in [-0.4, -0.2) is 123 Å². The zero-order valence-corrected chi connectivity index (χ0v) is 42.8. The Bertz CT molecular complexity index is 2730. The van der Waals surface area contributed by atoms with Crippen LogP contribution in [0, 0.1) is 11.8 Å². The second kappa shape index (κ2) is 23.5. The lowest BCUT2D eigenvalue weighted by Crippen LogP contribution is -2.28. The minimum atomic E-state index is -0.610. The van der Waals surface area contributed by atoms with E-state index in [1.54, 1.807) is 96.5 Å². The summed E-state index contributed by atoms with van der Waals surface area (Å²) in [6.07, 6.45) is 9.85. The van der Waals surface area contributed by atoms with Crippen LogP contribution in [0.3, 0.4) is 0 Å². The first kappa shape index (κ1) is 53.0. The maximum absolute atomic E-state index is 15.2. The van der Waals surface area contributed by atoms with Crippen molar-refractivity contribution in [2.24, 2.45) is 31.7 Å². The molecule has 0 bridgehead atoms. The second-order valence-corrected chi connectivity index (χ2v) is 19.6. The van der Waals surface area contributed by atoms with Gasteiger partial charge in [-0.15, -0.1) is 0 Å². The fourth-order valence-corrected chi connectivity index (χ4v) is 8.17. The zero-order valence-electron chi connectivity index (χ0n) is 42.8. The van der Waals surface area contributed by atoms with Crippen molar-refractivity contribution in [2.45, 2.75) is 66.5 Å². The van der Waals surface area contributed by atoms with Gasteiger partial charge in [0.05, 0.1) is 22.7 Å². The lowest BCUT2D eigenvalue weighted by atomic mass is 10.1. The molecule has 0 atom stereocenters. The van der Waals surface area contributed by atoms with Crippen LogP contribution >= 0.6 is 0 Å². The fraction of sp³-hybridized carbons (Fsp3) is 0.423. The molecule has 19 nitrogen and oxygen atoms in total. The molecule has 71 heavy (non-hydrogen) atoms. The van der Waals surface area contributed by atoms with E-state index in [1.165, 1.54) is 4.90 Å². The van der Waals surface area contributed by atoms with Crippen molar-refractivity contribution >= 4 is 69.1 Å². The summed E-state index contributed by atoms with van der Waals surface area (Å²) in [6, 6.07) is 13.1. The Kier molecular flexibility index (Phi) is 17.5. The minimum absolute atomic E-state index is 0.178. The largest absolute Gasteiger partial charge is 0.366 e. The van der Waals surface area contributed by atoms with E-state index in [2.05, 4.69) is 53.9 Å². The van der Waals surface area contributed by atoms with E-state index in [0.717, 1.165) is 25.9 Å². The Morgan fingerprint density at radius 2 is 1.07 bits per heavy atom. The van der Waals surface area contributed by atoms with Crippen molar-refractivity contribution in [3.8, 4) is 0 Å². The quantitative estimate of drug-likeness (QED) is 0.0368. The zero-order chi connectivity index (χ0) is 51.7. The van der Waals surface area contributed by atoms with Gasteiger partial charge >= 0.3 is 0 Å². The predicted molar refractivity (Wildman–Crippen MR) is 279 cm³/mol. The lowest BCUT2D eigenvalue weighted by molar-refractivity contribution is 0.0936. The Morgan fingerprint density at radius 3 is 1.49 bits per heavy atom. The summed E-state index contributed by atoms with van der Waals surface area (Å²) >= 11 is 0. The number of anilines is 4. The number of aromatic nitrogens is 5. The van der Waals surface area contributed by atoms with E-state index < -0.39 is 23.6 Å². The highest BCUT2D eigenvalue weighted by Crippen LogP contribution is 2.34. The summed E-state index contributed by atoms with van der Waals surface area (Å²) in [5.41, 5.74) is 9.47. The molecule has 6 aromatic rings. The normalized spacial score (nSPS) is 11.6. The number of hydrogen-bond donors (Lipinski definition) is 6. The molecule has 0 saturated carbocycles. The molecule has 0 aliphatic heterocycles. The van der Waals surface area contributed by atoms with Gasteiger partial charge in [-0.3, -0.25) is 33.7 Å². The molecular formula is C52H71N13O6. The van der Waals surface area contributed by atoms with Gasteiger partial charge in [0.25, 0.3) is 29.5 Å². The molecular weight excluding hydrogens is 903 g/mol. The molecule has 6 rings (SSSR count). The topological polar surface area (TPSA) is 222 Å². The number of carbonyl (C=O) groups excluding carboxylic acids is 6. The van der Waals surface area contributed by atoms with Crippen molar-refractivity contribution < 1.29 is 28.8 Å². The van der Waals surface area contributed by atoms with E-state index in [9.17, 15) is 24.0 Å². The second-order valence-electron chi connectivity index (χ2n) is 19.6. The summed E-state index contributed by atoms with van der Waals surface area (Å²) in [7, 11) is 11.4. The number of H-pyrrole nitrogens is 1. The van der Waals surface area contributed by atoms with Gasteiger partial charge in [-0.2, -0.15) is 0 Å². The number of benzene rings is 1. The molecule has 0 saturated heterocycles. The van der Waals surface area contributed by atoms with E-state index in [4.69, 9.17) is 5.73 Å². The Labute approximate surface area is 415 Å². The average Bonchev–Trinajstić information content (AvgIpc) is 4.15. The number of carbonyl (C=O) groups is 6. The lowest BCUT2D eigenvalue weighted by Gasteiger charge is -2.20. The third-order valence-electron chi connectivity index (χ3n) is 12.1. The van der Waals surface area contributed by atoms with Crippen LogP contribution in [0.2, 0.25) is 0 Å². The number of nitrogens with one attached hydrogen (secondary N) is 5. The number of aromatic amines is 1. The van der Waals surface area contributed by atoms with Crippen molar-refractivity contribution in [2.75, 3.05) is 69.9 Å². The maximum atomic E-state index is 15.2. The third kappa shape index (κ3) is 13.7. The number of fused-ring (bicyclic) bond motifs is 1. The Hall–Kier alpha value is -7.38. The summed E-state index contributed by atoms with van der Waals surface area (Å²) in [4.78, 5) is 91.2. The van der Waals surface area contributed by atoms with Gasteiger partial charge in [-0.1, -0.05) is 27.7 Å². The molecule has 6 amide bonds. The van der Waals surface area contributed by atoms with E-state index >= 15 is 4.79 Å². The van der Waals surface area contributed by atoms with Gasteiger partial charge in [-0.25, -0.2) is 0 Å². The number of rotatable bonds is 24. The van der Waals surface area contributed by atoms with Gasteiger partial charge in [-0.05, 0) is 127 Å². The van der Waals surface area contributed by atoms with Crippen LogP contribution in [0.5, 0.6) is 0 Å². The van der Waals surface area contributed by atoms with Crippen molar-refractivity contribution in [3.05, 3.63) is 107 Å². The van der Waals surface area contributed by atoms with Crippen LogP contribution in [0.15, 0.2) is 73.3 Å². The minimum Gasteiger partial charge on any atom is -0.366 e. The van der Waals surface area contributed by atoms with Crippen LogP contribution in [-0.2, 0) is 27.2 Å². The molecule has 5 aromatic heterocycles. The van der Waals surface area contributed by atoms with Crippen LogP contribution in [0.1, 0.15) is 116 Å². The van der Waals surface area contributed by atoms with E-state index in [-0.39, 0.29) is 46.3 Å². The summed E-state index contributed by atoms with van der Waals surface area (Å²) in [6.45, 7) is 11.9. The summed E-state index contributed by atoms with van der Waals surface area (Å²) < 4.78 is 6.94. The first-order valence-corrected chi connectivity index (χ1v) is 24.2. The van der Waals surface area contributed by atoms with Gasteiger partial charge < -0.3 is 60.1 Å². The van der Waals surface area contributed by atoms with Gasteiger partial charge in [0.2, 0.25) is 5.91 Å². The third-order valence-corrected chi connectivity index (χ3v) is 12.1. The SMILES string of the molecule is CC(C)CCn1cc(N(C(=O)c2cc3cc(C(N)=O)ccc3[nH]2)c2cc(C(=O)Nc3cc(C(=O)NCCCN(C)C)n(C)c3)n(CCC(C)C)c2)cc1C(=O)Nc1cc(C(=O)NCCCN(C)C)n(C)c1. The molecule has 5 heterocycles. The van der Waals surface area contributed by atoms with Crippen molar-refractivity contribution in [1.29, 1.82) is 0 Å². The molecule has 0 aliphatic carbocycles. The Morgan fingerprint density at radius 1 is 0.606 bits per heavy atom. The van der Waals surface area contributed by atoms with Crippen LogP contribution in [0.4, 0.5) is 22.7 Å². The van der Waals surface area contributed by atoms with Crippen LogP contribution < -0.4 is 31.9 Å². The van der Waals surface area contributed by atoms with Gasteiger partial charge in [0.1, 0.15) is 28.5 Å². The smallest absolute Gasteiger partial charge is 0.279 e. The monoisotopic (exact) mass is 974 g/mol. The summed E-state index contributed by atoms with van der Waals surface area (Å²) in [5.74, 6) is -2.00. The standard InChI is InChI=1S/C52H71N13O6/c1-33(2)15-21-63-31-39(27-45(63)50(69)56-37-25-43(61(9)29-37)48(67)54-17-11-19-59(5)6)65(52(71)42-24-36-23-35(47(53)66)13-14-41(36)58-42)40-28-46(64(32-40)22-16-34(3)4)51(70)57-38-26-44(62(10)30-38)49(68)55-18-12-20-60(7)8/h13-14,23-34,58H,11-12,15-22H2,1-10H3,(H2,53,66)(H,54,67)(H,55,68)(H,56,69)(H,57,70). The molecule has 19 heteroatoms. The molecule has 0 aliphatic rings. The highest BCUT2D eigenvalue weighted by molar-refractivity contribution is 6.14. The summed E-state index contributed by atoms with van der Waals surface area (Å²) in [5, 5.41) is 12.4. The van der Waals surface area contributed by atoms with Crippen molar-refractivity contribution in [1.82, 2.24) is 43.7 Å². The number of nitrogens with two attached hydrogens (primary N) is 1. The first-order valence-electron chi connectivity index (χ1n) is 24.2. The van der Waals surface area contributed by atoms with Crippen LogP contribution in [0.25, 0.3) is 10.9 Å². The van der Waals surface area contributed by atoms with Gasteiger partial charge in [0, 0.05) is 81.5 Å². The number of primary amides is 1. The first-order chi connectivity index (χ1) is 33.7. The molecule has 0 unspecified atom stereocenters. The average molecular weight is 974 g/mol. The highest BCUT2D eigenvalue weighted by atomic mass is 16.2. The predicted octanol–water partition coefficient (Wildman–Crippen LogP) is 6.49. The number of nitrogens with zero attached hydrogens (tertiary/aromatic N) is 7. The molecule has 380 valence electrons. The number of hydrogen-bond acceptors (Lipinski definition) is 8. The van der Waals surface area contributed by atoms with E-state index in [0.29, 0.717) is 84.1 Å².